The van der Waals surface area contributed by atoms with Crippen molar-refractivity contribution in [1.29, 1.82) is 0 Å². The van der Waals surface area contributed by atoms with Crippen LogP contribution < -0.4 is 11.1 Å². The Kier molecular flexibility index (Phi) is 7.66. The lowest BCUT2D eigenvalue weighted by molar-refractivity contribution is -0.122. The summed E-state index contributed by atoms with van der Waals surface area (Å²) in [4.78, 5) is 11.6. The quantitative estimate of drug-likeness (QED) is 0.782. The maximum Gasteiger partial charge on any atom is 0.237 e. The van der Waals surface area contributed by atoms with Crippen LogP contribution in [0.1, 0.15) is 5.56 Å². The van der Waals surface area contributed by atoms with Crippen molar-refractivity contribution in [2.24, 2.45) is 5.73 Å². The zero-order valence-electron chi connectivity index (χ0n) is 10.7. The van der Waals surface area contributed by atoms with Gasteiger partial charge in [0.2, 0.25) is 5.91 Å². The van der Waals surface area contributed by atoms with E-state index in [-0.39, 0.29) is 30.6 Å². The summed E-state index contributed by atoms with van der Waals surface area (Å²) in [6.07, 6.45) is 1.56. The van der Waals surface area contributed by atoms with Gasteiger partial charge in [-0.05, 0) is 12.0 Å². The van der Waals surface area contributed by atoms with Gasteiger partial charge in [-0.3, -0.25) is 4.79 Å². The Labute approximate surface area is 119 Å². The summed E-state index contributed by atoms with van der Waals surface area (Å²) >= 11 is 0. The topological polar surface area (TPSA) is 89.3 Å². The highest BCUT2D eigenvalue weighted by Crippen LogP contribution is 2.01. The van der Waals surface area contributed by atoms with Crippen LogP contribution in [0, 0.1) is 0 Å². The average Bonchev–Trinajstić information content (AvgIpc) is 2.28. The van der Waals surface area contributed by atoms with Gasteiger partial charge in [0.1, 0.15) is 9.84 Å². The standard InChI is InChI=1S/C12H18N2O3S.ClH/c1-18(16,17)8-7-14-12(15)11(13)9-10-5-3-2-4-6-10;/h2-6,11H,7-9,13H2,1H3,(H,14,15);1H/t11-;/m0./s1. The number of halogens is 1. The fourth-order valence-corrected chi connectivity index (χ4v) is 1.92. The molecule has 0 aliphatic rings. The summed E-state index contributed by atoms with van der Waals surface area (Å²) in [6.45, 7) is 0.0974. The van der Waals surface area contributed by atoms with Crippen LogP contribution in [0.3, 0.4) is 0 Å². The lowest BCUT2D eigenvalue weighted by Gasteiger charge is -2.11. The van der Waals surface area contributed by atoms with Crippen molar-refractivity contribution in [2.75, 3.05) is 18.6 Å². The lowest BCUT2D eigenvalue weighted by atomic mass is 10.1. The number of rotatable bonds is 6. The van der Waals surface area contributed by atoms with E-state index in [0.717, 1.165) is 11.8 Å². The van der Waals surface area contributed by atoms with Crippen LogP contribution in [0.15, 0.2) is 30.3 Å². The van der Waals surface area contributed by atoms with Crippen LogP contribution in [0.4, 0.5) is 0 Å². The van der Waals surface area contributed by atoms with Crippen LogP contribution in [0.5, 0.6) is 0 Å². The molecule has 3 N–H and O–H groups in total. The third kappa shape index (κ3) is 7.81. The first kappa shape index (κ1) is 17.9. The molecule has 1 aromatic carbocycles. The van der Waals surface area contributed by atoms with Crippen molar-refractivity contribution in [3.05, 3.63) is 35.9 Å². The van der Waals surface area contributed by atoms with E-state index in [9.17, 15) is 13.2 Å². The lowest BCUT2D eigenvalue weighted by Crippen LogP contribution is -2.43. The Morgan fingerprint density at radius 3 is 2.42 bits per heavy atom. The highest BCUT2D eigenvalue weighted by atomic mass is 35.5. The normalized spacial score (nSPS) is 12.3. The van der Waals surface area contributed by atoms with Gasteiger partial charge in [-0.25, -0.2) is 8.42 Å². The van der Waals surface area contributed by atoms with Gasteiger partial charge >= 0.3 is 0 Å². The fraction of sp³-hybridized carbons (Fsp3) is 0.417. The summed E-state index contributed by atoms with van der Waals surface area (Å²) in [5.41, 5.74) is 6.71. The molecule has 1 amide bonds. The van der Waals surface area contributed by atoms with Crippen molar-refractivity contribution in [2.45, 2.75) is 12.5 Å². The van der Waals surface area contributed by atoms with E-state index in [1.165, 1.54) is 0 Å². The minimum atomic E-state index is -3.06. The largest absolute Gasteiger partial charge is 0.354 e. The van der Waals surface area contributed by atoms with Crippen molar-refractivity contribution in [3.63, 3.8) is 0 Å². The van der Waals surface area contributed by atoms with E-state index < -0.39 is 15.9 Å². The predicted octanol–water partition coefficient (Wildman–Crippen LogP) is 0.139. The molecule has 7 heteroatoms. The van der Waals surface area contributed by atoms with Gasteiger partial charge in [-0.2, -0.15) is 0 Å². The van der Waals surface area contributed by atoms with Crippen LogP contribution in [0.2, 0.25) is 0 Å². The molecule has 19 heavy (non-hydrogen) atoms. The van der Waals surface area contributed by atoms with E-state index in [1.54, 1.807) is 0 Å². The highest BCUT2D eigenvalue weighted by molar-refractivity contribution is 7.90. The number of hydrogen-bond acceptors (Lipinski definition) is 4. The SMILES string of the molecule is CS(=O)(=O)CCNC(=O)[C@@H](N)Cc1ccccc1.Cl. The van der Waals surface area contributed by atoms with Crippen LogP contribution >= 0.6 is 12.4 Å². The molecule has 0 aromatic heterocycles. The highest BCUT2D eigenvalue weighted by Gasteiger charge is 2.14. The number of nitrogens with one attached hydrogen (secondary N) is 1. The molecule has 0 heterocycles. The molecule has 0 aliphatic carbocycles. The Bertz CT molecular complexity index is 491. The number of carbonyl (C=O) groups is 1. The van der Waals surface area contributed by atoms with Crippen molar-refractivity contribution < 1.29 is 13.2 Å². The zero-order valence-corrected chi connectivity index (χ0v) is 12.3. The summed E-state index contributed by atoms with van der Waals surface area (Å²) in [6, 6.07) is 8.77. The molecule has 1 rings (SSSR count). The molecule has 0 radical (unpaired) electrons. The predicted molar refractivity (Wildman–Crippen MR) is 78.1 cm³/mol. The Balaban J connectivity index is 0.00000324. The van der Waals surface area contributed by atoms with Gasteiger partial charge in [0.25, 0.3) is 0 Å². The summed E-state index contributed by atoms with van der Waals surface area (Å²) in [5.74, 6) is -0.404. The van der Waals surface area contributed by atoms with Crippen molar-refractivity contribution in [3.8, 4) is 0 Å². The van der Waals surface area contributed by atoms with Crippen LogP contribution in [-0.2, 0) is 21.1 Å². The maximum absolute atomic E-state index is 11.6. The molecule has 0 saturated carbocycles. The number of benzene rings is 1. The molecule has 0 spiro atoms. The molecular weight excluding hydrogens is 288 g/mol. The number of amides is 1. The molecular formula is C12H19ClN2O3S. The minimum absolute atomic E-state index is 0. The van der Waals surface area contributed by atoms with E-state index >= 15 is 0 Å². The number of carbonyl (C=O) groups excluding carboxylic acids is 1. The maximum atomic E-state index is 11.6. The number of sulfone groups is 1. The van der Waals surface area contributed by atoms with Gasteiger partial charge in [0.05, 0.1) is 11.8 Å². The van der Waals surface area contributed by atoms with Crippen molar-refractivity contribution >= 4 is 28.2 Å². The first-order valence-corrected chi connectivity index (χ1v) is 7.69. The second kappa shape index (κ2) is 8.14. The second-order valence-corrected chi connectivity index (χ2v) is 6.48. The van der Waals surface area contributed by atoms with Gasteiger partial charge in [-0.15, -0.1) is 12.4 Å². The summed E-state index contributed by atoms with van der Waals surface area (Å²) in [7, 11) is -3.06. The summed E-state index contributed by atoms with van der Waals surface area (Å²) in [5, 5.41) is 2.52. The van der Waals surface area contributed by atoms with E-state index in [2.05, 4.69) is 5.32 Å². The Hall–Kier alpha value is -1.11. The van der Waals surface area contributed by atoms with Gasteiger partial charge in [0.15, 0.2) is 0 Å². The fourth-order valence-electron chi connectivity index (χ4n) is 1.45. The molecule has 0 bridgehead atoms. The molecule has 5 nitrogen and oxygen atoms in total. The average molecular weight is 307 g/mol. The van der Waals surface area contributed by atoms with Crippen LogP contribution in [-0.4, -0.2) is 38.9 Å². The van der Waals surface area contributed by atoms with E-state index in [1.807, 2.05) is 30.3 Å². The smallest absolute Gasteiger partial charge is 0.237 e. The zero-order chi connectivity index (χ0) is 13.6. The Morgan fingerprint density at radius 1 is 1.32 bits per heavy atom. The number of hydrogen-bond donors (Lipinski definition) is 2. The molecule has 0 fully saturated rings. The second-order valence-electron chi connectivity index (χ2n) is 4.22. The van der Waals surface area contributed by atoms with Gasteiger partial charge in [-0.1, -0.05) is 30.3 Å². The Morgan fingerprint density at radius 2 is 1.89 bits per heavy atom. The third-order valence-electron chi connectivity index (χ3n) is 2.41. The van der Waals surface area contributed by atoms with E-state index in [0.29, 0.717) is 6.42 Å². The molecule has 1 aromatic rings. The summed E-state index contributed by atoms with van der Waals surface area (Å²) < 4.78 is 21.8. The van der Waals surface area contributed by atoms with Gasteiger partial charge < -0.3 is 11.1 Å². The first-order chi connectivity index (χ1) is 8.38. The number of nitrogens with two attached hydrogens (primary N) is 1. The molecule has 108 valence electrons. The van der Waals surface area contributed by atoms with Crippen LogP contribution in [0.25, 0.3) is 0 Å². The molecule has 0 unspecified atom stereocenters. The third-order valence-corrected chi connectivity index (χ3v) is 3.35. The van der Waals surface area contributed by atoms with E-state index in [4.69, 9.17) is 5.73 Å². The first-order valence-electron chi connectivity index (χ1n) is 5.63. The molecule has 0 saturated heterocycles. The van der Waals surface area contributed by atoms with Gasteiger partial charge in [0, 0.05) is 12.8 Å². The monoisotopic (exact) mass is 306 g/mol. The minimum Gasteiger partial charge on any atom is -0.354 e. The molecule has 1 atom stereocenters. The van der Waals surface area contributed by atoms with Crippen molar-refractivity contribution in [1.82, 2.24) is 5.32 Å². The molecule has 0 aliphatic heterocycles.